The van der Waals surface area contributed by atoms with Crippen LogP contribution in [0.4, 0.5) is 4.39 Å². The van der Waals surface area contributed by atoms with Crippen molar-refractivity contribution in [1.29, 1.82) is 0 Å². The van der Waals surface area contributed by atoms with Gasteiger partial charge in [-0.2, -0.15) is 0 Å². The van der Waals surface area contributed by atoms with E-state index in [1.54, 1.807) is 0 Å². The summed E-state index contributed by atoms with van der Waals surface area (Å²) >= 11 is 0. The van der Waals surface area contributed by atoms with Crippen molar-refractivity contribution in [1.82, 2.24) is 4.90 Å². The Balaban J connectivity index is 2.23. The molecule has 2 N–H and O–H groups in total. The molecule has 19 heavy (non-hydrogen) atoms. The van der Waals surface area contributed by atoms with Crippen molar-refractivity contribution in [2.45, 2.75) is 25.3 Å². The standard InChI is InChI=1S/C13H14FNO4/c14-8-3-4-11(16)10(6-8)13(19)15-5-1-2-9(15)7-12(17)18/h3-4,6,9,16H,1-2,5,7H2,(H,17,18). The van der Waals surface area contributed by atoms with E-state index in [1.807, 2.05) is 0 Å². The molecule has 1 saturated heterocycles. The Bertz CT molecular complexity index is 517. The first kappa shape index (κ1) is 13.3. The predicted molar refractivity (Wildman–Crippen MR) is 64.4 cm³/mol. The smallest absolute Gasteiger partial charge is 0.305 e. The van der Waals surface area contributed by atoms with Gasteiger partial charge in [0, 0.05) is 12.6 Å². The minimum atomic E-state index is -0.979. The van der Waals surface area contributed by atoms with Crippen LogP contribution in [0.2, 0.25) is 0 Å². The number of hydrogen-bond acceptors (Lipinski definition) is 3. The molecule has 0 aliphatic carbocycles. The van der Waals surface area contributed by atoms with Crippen LogP contribution in [0.15, 0.2) is 18.2 Å². The molecule has 0 bridgehead atoms. The third-order valence-electron chi connectivity index (χ3n) is 3.24. The number of hydrogen-bond donors (Lipinski definition) is 2. The number of amides is 1. The van der Waals surface area contributed by atoms with E-state index >= 15 is 0 Å². The Labute approximate surface area is 109 Å². The zero-order chi connectivity index (χ0) is 14.0. The van der Waals surface area contributed by atoms with Crippen molar-refractivity contribution in [2.75, 3.05) is 6.54 Å². The number of aromatic hydroxyl groups is 1. The molecule has 1 aliphatic rings. The van der Waals surface area contributed by atoms with E-state index < -0.39 is 23.7 Å². The van der Waals surface area contributed by atoms with Crippen LogP contribution in [0.3, 0.4) is 0 Å². The SMILES string of the molecule is O=C(O)CC1CCCN1C(=O)c1cc(F)ccc1O. The van der Waals surface area contributed by atoms with Crippen molar-refractivity contribution in [3.8, 4) is 5.75 Å². The molecule has 0 radical (unpaired) electrons. The number of rotatable bonds is 3. The summed E-state index contributed by atoms with van der Waals surface area (Å²) < 4.78 is 13.1. The molecule has 2 rings (SSSR count). The number of carbonyl (C=O) groups is 2. The molecule has 5 nitrogen and oxygen atoms in total. The first-order valence-electron chi connectivity index (χ1n) is 6.00. The Hall–Kier alpha value is -2.11. The molecule has 1 aromatic carbocycles. The van der Waals surface area contributed by atoms with Crippen LogP contribution >= 0.6 is 0 Å². The maximum Gasteiger partial charge on any atom is 0.305 e. The second kappa shape index (κ2) is 5.26. The lowest BCUT2D eigenvalue weighted by Crippen LogP contribution is -2.36. The highest BCUT2D eigenvalue weighted by atomic mass is 19.1. The number of carboxylic acids is 1. The van der Waals surface area contributed by atoms with Crippen LogP contribution in [0.25, 0.3) is 0 Å². The molecule has 1 aromatic rings. The number of likely N-dealkylation sites (tertiary alicyclic amines) is 1. The van der Waals surface area contributed by atoms with Crippen molar-refractivity contribution in [3.05, 3.63) is 29.6 Å². The topological polar surface area (TPSA) is 77.8 Å². The molecule has 1 fully saturated rings. The van der Waals surface area contributed by atoms with Gasteiger partial charge >= 0.3 is 5.97 Å². The highest BCUT2D eigenvalue weighted by molar-refractivity contribution is 5.97. The van der Waals surface area contributed by atoms with Crippen LogP contribution in [0.5, 0.6) is 5.75 Å². The number of carbonyl (C=O) groups excluding carboxylic acids is 1. The fraction of sp³-hybridized carbons (Fsp3) is 0.385. The van der Waals surface area contributed by atoms with Crippen molar-refractivity contribution >= 4 is 11.9 Å². The van der Waals surface area contributed by atoms with E-state index in [4.69, 9.17) is 5.11 Å². The van der Waals surface area contributed by atoms with Gasteiger partial charge in [0.25, 0.3) is 5.91 Å². The highest BCUT2D eigenvalue weighted by Gasteiger charge is 2.32. The lowest BCUT2D eigenvalue weighted by atomic mass is 10.1. The summed E-state index contributed by atoms with van der Waals surface area (Å²) in [5.74, 6) is -2.42. The van der Waals surface area contributed by atoms with Crippen molar-refractivity contribution in [3.63, 3.8) is 0 Å². The first-order valence-corrected chi connectivity index (χ1v) is 6.00. The quantitative estimate of drug-likeness (QED) is 0.872. The van der Waals surface area contributed by atoms with Gasteiger partial charge in [0.05, 0.1) is 12.0 Å². The summed E-state index contributed by atoms with van der Waals surface area (Å²) in [6.45, 7) is 0.423. The minimum absolute atomic E-state index is 0.128. The van der Waals surface area contributed by atoms with Gasteiger partial charge in [-0.05, 0) is 31.0 Å². The average Bonchev–Trinajstić information content (AvgIpc) is 2.78. The lowest BCUT2D eigenvalue weighted by molar-refractivity contribution is -0.137. The highest BCUT2D eigenvalue weighted by Crippen LogP contribution is 2.26. The van der Waals surface area contributed by atoms with Crippen LogP contribution in [0, 0.1) is 5.82 Å². The molecule has 1 aliphatic heterocycles. The van der Waals surface area contributed by atoms with Gasteiger partial charge in [-0.3, -0.25) is 9.59 Å². The van der Waals surface area contributed by atoms with Gasteiger partial charge in [-0.25, -0.2) is 4.39 Å². The predicted octanol–water partition coefficient (Wildman–Crippen LogP) is 1.61. The summed E-state index contributed by atoms with van der Waals surface area (Å²) in [5, 5.41) is 18.4. The second-order valence-electron chi connectivity index (χ2n) is 4.55. The molecule has 102 valence electrons. The summed E-state index contributed by atoms with van der Waals surface area (Å²) in [7, 11) is 0. The molecule has 0 saturated carbocycles. The molecular formula is C13H14FNO4. The molecule has 0 spiro atoms. The molecule has 1 atom stereocenters. The monoisotopic (exact) mass is 267 g/mol. The van der Waals surface area contributed by atoms with Crippen molar-refractivity contribution < 1.29 is 24.2 Å². The third-order valence-corrected chi connectivity index (χ3v) is 3.24. The van der Waals surface area contributed by atoms with E-state index in [9.17, 15) is 19.1 Å². The number of aliphatic carboxylic acids is 1. The maximum atomic E-state index is 13.1. The summed E-state index contributed by atoms with van der Waals surface area (Å²) in [6, 6.07) is 2.75. The summed E-state index contributed by atoms with van der Waals surface area (Å²) in [4.78, 5) is 24.3. The number of nitrogens with zero attached hydrogens (tertiary/aromatic N) is 1. The Morgan fingerprint density at radius 2 is 2.16 bits per heavy atom. The number of halogens is 1. The van der Waals surface area contributed by atoms with Gasteiger partial charge < -0.3 is 15.1 Å². The molecule has 1 heterocycles. The van der Waals surface area contributed by atoms with E-state index in [0.29, 0.717) is 19.4 Å². The summed E-state index contributed by atoms with van der Waals surface area (Å²) in [6.07, 6.45) is 1.18. The van der Waals surface area contributed by atoms with E-state index in [0.717, 1.165) is 18.2 Å². The fourth-order valence-electron chi connectivity index (χ4n) is 2.35. The second-order valence-corrected chi connectivity index (χ2v) is 4.55. The minimum Gasteiger partial charge on any atom is -0.507 e. The van der Waals surface area contributed by atoms with Gasteiger partial charge in [0.15, 0.2) is 0 Å². The van der Waals surface area contributed by atoms with E-state index in [2.05, 4.69) is 0 Å². The molecule has 1 amide bonds. The average molecular weight is 267 g/mol. The van der Waals surface area contributed by atoms with Gasteiger partial charge in [-0.1, -0.05) is 0 Å². The molecular weight excluding hydrogens is 253 g/mol. The normalized spacial score (nSPS) is 18.6. The number of phenolic OH excluding ortho intramolecular Hbond substituents is 1. The van der Waals surface area contributed by atoms with Crippen LogP contribution < -0.4 is 0 Å². The number of benzene rings is 1. The first-order chi connectivity index (χ1) is 8.99. The number of carboxylic acid groups (broad SMARTS) is 1. The third kappa shape index (κ3) is 2.83. The Morgan fingerprint density at radius 3 is 2.84 bits per heavy atom. The van der Waals surface area contributed by atoms with Crippen molar-refractivity contribution in [2.24, 2.45) is 0 Å². The molecule has 0 aromatic heterocycles. The Morgan fingerprint density at radius 1 is 1.42 bits per heavy atom. The largest absolute Gasteiger partial charge is 0.507 e. The van der Waals surface area contributed by atoms with Crippen LogP contribution in [-0.2, 0) is 4.79 Å². The molecule has 1 unspecified atom stereocenters. The van der Waals surface area contributed by atoms with Crippen LogP contribution in [-0.4, -0.2) is 39.6 Å². The fourth-order valence-corrected chi connectivity index (χ4v) is 2.35. The Kier molecular flexibility index (Phi) is 3.69. The maximum absolute atomic E-state index is 13.1. The zero-order valence-electron chi connectivity index (χ0n) is 10.2. The number of phenols is 1. The summed E-state index contributed by atoms with van der Waals surface area (Å²) in [5.41, 5.74) is -0.128. The van der Waals surface area contributed by atoms with Gasteiger partial charge in [0.2, 0.25) is 0 Å². The van der Waals surface area contributed by atoms with Gasteiger partial charge in [0.1, 0.15) is 11.6 Å². The lowest BCUT2D eigenvalue weighted by Gasteiger charge is -2.23. The van der Waals surface area contributed by atoms with Gasteiger partial charge in [-0.15, -0.1) is 0 Å². The molecule has 6 heteroatoms. The van der Waals surface area contributed by atoms with Crippen LogP contribution in [0.1, 0.15) is 29.6 Å². The van der Waals surface area contributed by atoms with E-state index in [1.165, 1.54) is 4.90 Å². The van der Waals surface area contributed by atoms with E-state index in [-0.39, 0.29) is 17.7 Å². The zero-order valence-corrected chi connectivity index (χ0v) is 10.2.